The molecule has 9 heavy (non-hydrogen) atoms. The van der Waals surface area contributed by atoms with E-state index in [4.69, 9.17) is 0 Å². The summed E-state index contributed by atoms with van der Waals surface area (Å²) >= 11 is 0. The van der Waals surface area contributed by atoms with Crippen molar-refractivity contribution in [2.45, 2.75) is 40.2 Å². The highest BCUT2D eigenvalue weighted by molar-refractivity contribution is 5.15. The first-order valence-electron chi connectivity index (χ1n) is 3.22. The minimum Gasteiger partial charge on any atom is -0.624 e. The lowest BCUT2D eigenvalue weighted by atomic mass is 10.1. The second kappa shape index (κ2) is 4.36. The second-order valence-corrected chi connectivity index (χ2v) is 2.55. The fraction of sp³-hybridized carbons (Fsp3) is 0.857. The van der Waals surface area contributed by atoms with Crippen molar-refractivity contribution in [3.8, 4) is 0 Å². The Bertz CT molecular complexity index is 81.4. The molecule has 0 radical (unpaired) electrons. The Labute approximate surface area is 57.8 Å². The first kappa shape index (κ1) is 11.3. The lowest BCUT2D eigenvalue weighted by Gasteiger charge is -2.16. The van der Waals surface area contributed by atoms with Crippen molar-refractivity contribution < 1.29 is 4.74 Å². The first-order chi connectivity index (χ1) is 3.94. The van der Waals surface area contributed by atoms with E-state index >= 15 is 0 Å². The van der Waals surface area contributed by atoms with Gasteiger partial charge in [-0.2, -0.15) is 0 Å². The van der Waals surface area contributed by atoms with Gasteiger partial charge in [-0.05, 0) is 0 Å². The van der Waals surface area contributed by atoms with Crippen LogP contribution in [0.25, 0.3) is 0 Å². The number of rotatable bonds is 0. The Morgan fingerprint density at radius 1 is 1.22 bits per heavy atom. The monoisotopic (exact) mass is 131 g/mol. The molecule has 0 rings (SSSR count). The minimum atomic E-state index is -0.333. The van der Waals surface area contributed by atoms with Crippen LogP contribution in [0.3, 0.4) is 0 Å². The molecule has 0 saturated carbocycles. The van der Waals surface area contributed by atoms with Gasteiger partial charge in [0, 0.05) is 20.8 Å². The highest BCUT2D eigenvalue weighted by Gasteiger charge is 2.14. The average molecular weight is 131 g/mol. The summed E-state index contributed by atoms with van der Waals surface area (Å²) in [5.74, 6) is 0. The van der Waals surface area contributed by atoms with Crippen LogP contribution in [0.1, 0.15) is 34.6 Å². The van der Waals surface area contributed by atoms with Crippen molar-refractivity contribution in [1.29, 1.82) is 0 Å². The number of hydrogen-bond acceptors (Lipinski definition) is 1. The zero-order valence-corrected chi connectivity index (χ0v) is 7.06. The molecule has 56 valence electrons. The molecule has 0 saturated heterocycles. The fourth-order valence-electron chi connectivity index (χ4n) is 0. The van der Waals surface area contributed by atoms with E-state index in [1.807, 2.05) is 34.6 Å². The molecule has 0 aliphatic rings. The van der Waals surface area contributed by atoms with Crippen molar-refractivity contribution in [2.24, 2.45) is 0 Å². The topological polar surface area (TPSA) is 26.1 Å². The Morgan fingerprint density at radius 3 is 1.33 bits per heavy atom. The molecule has 0 fully saturated rings. The smallest absolute Gasteiger partial charge is 0.164 e. The molecule has 0 spiro atoms. The number of hydroxylamine groups is 1. The van der Waals surface area contributed by atoms with Crippen molar-refractivity contribution in [3.63, 3.8) is 0 Å². The molecule has 2 heteroatoms. The van der Waals surface area contributed by atoms with Gasteiger partial charge in [0.05, 0.1) is 0 Å². The SMILES string of the molecule is C=[N+]([O-])C(C)(C)C.CC. The van der Waals surface area contributed by atoms with Crippen molar-refractivity contribution in [3.05, 3.63) is 5.21 Å². The Morgan fingerprint density at radius 2 is 1.33 bits per heavy atom. The summed E-state index contributed by atoms with van der Waals surface area (Å²) in [6.45, 7) is 12.6. The Kier molecular flexibility index (Phi) is 5.47. The van der Waals surface area contributed by atoms with Crippen LogP contribution in [0.2, 0.25) is 0 Å². The van der Waals surface area contributed by atoms with Gasteiger partial charge in [0.1, 0.15) is 6.72 Å². The van der Waals surface area contributed by atoms with Gasteiger partial charge in [-0.1, -0.05) is 13.8 Å². The van der Waals surface area contributed by atoms with Crippen LogP contribution in [0.5, 0.6) is 0 Å². The molecule has 0 aromatic carbocycles. The van der Waals surface area contributed by atoms with Gasteiger partial charge in [0.2, 0.25) is 0 Å². The van der Waals surface area contributed by atoms with Crippen LogP contribution in [0, 0.1) is 5.21 Å². The summed E-state index contributed by atoms with van der Waals surface area (Å²) in [6.07, 6.45) is 0. The quantitative estimate of drug-likeness (QED) is 0.214. The number of hydrogen-bond donors (Lipinski definition) is 0. The third kappa shape index (κ3) is 7.47. The third-order valence-corrected chi connectivity index (χ3v) is 0.748. The zero-order valence-electron chi connectivity index (χ0n) is 7.06. The first-order valence-corrected chi connectivity index (χ1v) is 3.22. The standard InChI is InChI=1S/C5H11NO.C2H6/c1-5(2,3)6(4)7;1-2/h4H2,1-3H3;1-2H3. The normalized spacial score (nSPS) is 9.44. The minimum absolute atomic E-state index is 0.333. The molecule has 0 aliphatic heterocycles. The lowest BCUT2D eigenvalue weighted by Crippen LogP contribution is -2.26. The predicted octanol–water partition coefficient (Wildman–Crippen LogP) is 2.02. The molecule has 0 aromatic rings. The molecule has 0 atom stereocenters. The van der Waals surface area contributed by atoms with E-state index in [9.17, 15) is 5.21 Å². The van der Waals surface area contributed by atoms with Gasteiger partial charge in [0.25, 0.3) is 0 Å². The third-order valence-electron chi connectivity index (χ3n) is 0.748. The van der Waals surface area contributed by atoms with Crippen LogP contribution >= 0.6 is 0 Å². The lowest BCUT2D eigenvalue weighted by molar-refractivity contribution is -0.527. The van der Waals surface area contributed by atoms with E-state index < -0.39 is 0 Å². The summed E-state index contributed by atoms with van der Waals surface area (Å²) in [6, 6.07) is 0. The molecule has 0 N–H and O–H groups in total. The van der Waals surface area contributed by atoms with E-state index in [0.29, 0.717) is 4.74 Å². The molecule has 0 amide bonds. The van der Waals surface area contributed by atoms with Gasteiger partial charge >= 0.3 is 0 Å². The van der Waals surface area contributed by atoms with Gasteiger partial charge in [-0.3, -0.25) is 0 Å². The highest BCUT2D eigenvalue weighted by atomic mass is 16.5. The van der Waals surface area contributed by atoms with Crippen LogP contribution < -0.4 is 0 Å². The van der Waals surface area contributed by atoms with Crippen LogP contribution in [-0.2, 0) is 0 Å². The molecular weight excluding hydrogens is 114 g/mol. The second-order valence-electron chi connectivity index (χ2n) is 2.55. The van der Waals surface area contributed by atoms with Gasteiger partial charge in [-0.25, -0.2) is 4.74 Å². The molecule has 0 aliphatic carbocycles. The molecule has 0 unspecified atom stereocenters. The molecule has 2 nitrogen and oxygen atoms in total. The van der Waals surface area contributed by atoms with Crippen LogP contribution in [0.15, 0.2) is 0 Å². The molecule has 0 bridgehead atoms. The summed E-state index contributed by atoms with van der Waals surface area (Å²) < 4.78 is 0.688. The number of nitrogens with zero attached hydrogens (tertiary/aromatic N) is 1. The highest BCUT2D eigenvalue weighted by Crippen LogP contribution is 2.02. The van der Waals surface area contributed by atoms with Crippen molar-refractivity contribution in [1.82, 2.24) is 0 Å². The predicted molar refractivity (Wildman–Crippen MR) is 41.8 cm³/mol. The molecule has 0 aromatic heterocycles. The van der Waals surface area contributed by atoms with Gasteiger partial charge in [0.15, 0.2) is 5.54 Å². The van der Waals surface area contributed by atoms with Crippen molar-refractivity contribution >= 4 is 6.72 Å². The van der Waals surface area contributed by atoms with E-state index in [2.05, 4.69) is 6.72 Å². The van der Waals surface area contributed by atoms with E-state index in [-0.39, 0.29) is 5.54 Å². The maximum atomic E-state index is 10.3. The molecule has 0 heterocycles. The zero-order chi connectivity index (χ0) is 8.08. The van der Waals surface area contributed by atoms with E-state index in [0.717, 1.165) is 0 Å². The van der Waals surface area contributed by atoms with Gasteiger partial charge < -0.3 is 5.21 Å². The van der Waals surface area contributed by atoms with E-state index in [1.165, 1.54) is 0 Å². The summed E-state index contributed by atoms with van der Waals surface area (Å²) in [5.41, 5.74) is -0.333. The molecular formula is C7H17NO. The van der Waals surface area contributed by atoms with Crippen molar-refractivity contribution in [2.75, 3.05) is 0 Å². The summed E-state index contributed by atoms with van der Waals surface area (Å²) in [4.78, 5) is 0. The maximum absolute atomic E-state index is 10.3. The average Bonchev–Trinajstić information content (AvgIpc) is 1.69. The Hall–Kier alpha value is -0.530. The van der Waals surface area contributed by atoms with Crippen LogP contribution in [-0.4, -0.2) is 17.0 Å². The van der Waals surface area contributed by atoms with E-state index in [1.54, 1.807) is 0 Å². The summed E-state index contributed by atoms with van der Waals surface area (Å²) in [5, 5.41) is 10.3. The van der Waals surface area contributed by atoms with Crippen LogP contribution in [0.4, 0.5) is 0 Å². The fourth-order valence-corrected chi connectivity index (χ4v) is 0. The largest absolute Gasteiger partial charge is 0.624 e. The summed E-state index contributed by atoms with van der Waals surface area (Å²) in [7, 11) is 0. The Balaban J connectivity index is 0. The maximum Gasteiger partial charge on any atom is 0.164 e. The van der Waals surface area contributed by atoms with Gasteiger partial charge in [-0.15, -0.1) is 0 Å².